The Kier molecular flexibility index (Phi) is 4.21. The Hall–Kier alpha value is -3.07. The van der Waals surface area contributed by atoms with Crippen LogP contribution in [0.1, 0.15) is 34.8 Å². The van der Waals surface area contributed by atoms with Crippen LogP contribution in [0.25, 0.3) is 5.65 Å². The molecule has 8 nitrogen and oxygen atoms in total. The van der Waals surface area contributed by atoms with Crippen LogP contribution in [-0.2, 0) is 4.84 Å². The van der Waals surface area contributed by atoms with E-state index in [1.54, 1.807) is 12.4 Å². The number of amides is 1. The summed E-state index contributed by atoms with van der Waals surface area (Å²) in [6.07, 6.45) is 7.92. The number of carbonyl (C=O) groups is 1. The third-order valence-corrected chi connectivity index (χ3v) is 4.45. The molecule has 1 N–H and O–H groups in total. The van der Waals surface area contributed by atoms with E-state index in [0.29, 0.717) is 17.0 Å². The van der Waals surface area contributed by atoms with E-state index in [-0.39, 0.29) is 11.9 Å². The van der Waals surface area contributed by atoms with E-state index >= 15 is 0 Å². The average molecular weight is 356 g/mol. The molecule has 3 aromatic rings. The van der Waals surface area contributed by atoms with Crippen molar-refractivity contribution in [1.29, 1.82) is 0 Å². The van der Waals surface area contributed by atoms with Gasteiger partial charge in [-0.25, -0.2) is 19.4 Å². The normalized spacial score (nSPS) is 17.0. The second-order valence-electron chi connectivity index (χ2n) is 6.04. The Bertz CT molecular complexity index is 959. The van der Waals surface area contributed by atoms with Gasteiger partial charge in [0.15, 0.2) is 5.65 Å². The van der Waals surface area contributed by atoms with Crippen LogP contribution in [0.15, 0.2) is 36.9 Å². The number of hydroxylamine groups is 1. The van der Waals surface area contributed by atoms with E-state index in [4.69, 9.17) is 0 Å². The number of hydrogen-bond acceptors (Lipinski definition) is 6. The van der Waals surface area contributed by atoms with Gasteiger partial charge in [-0.1, -0.05) is 0 Å². The maximum atomic E-state index is 13.6. The number of rotatable bonds is 4. The molecule has 0 aliphatic carbocycles. The van der Waals surface area contributed by atoms with Crippen molar-refractivity contribution in [2.75, 3.05) is 18.6 Å². The molecule has 4 heterocycles. The quantitative estimate of drug-likeness (QED) is 0.719. The summed E-state index contributed by atoms with van der Waals surface area (Å²) in [6, 6.07) is 3.33. The van der Waals surface area contributed by atoms with Crippen molar-refractivity contribution >= 4 is 17.4 Å². The van der Waals surface area contributed by atoms with Gasteiger partial charge < -0.3 is 4.90 Å². The Morgan fingerprint density at radius 1 is 1.38 bits per heavy atom. The molecule has 26 heavy (non-hydrogen) atoms. The molecular weight excluding hydrogens is 339 g/mol. The summed E-state index contributed by atoms with van der Waals surface area (Å²) in [7, 11) is 1.37. The summed E-state index contributed by atoms with van der Waals surface area (Å²) in [5, 5.41) is 4.14. The van der Waals surface area contributed by atoms with Gasteiger partial charge in [-0.15, -0.1) is 0 Å². The molecular formula is C17H17FN6O2. The van der Waals surface area contributed by atoms with E-state index in [9.17, 15) is 9.18 Å². The number of carbonyl (C=O) groups excluding carboxylic acids is 1. The highest BCUT2D eigenvalue weighted by Crippen LogP contribution is 2.35. The van der Waals surface area contributed by atoms with Crippen LogP contribution in [0, 0.1) is 5.82 Å². The van der Waals surface area contributed by atoms with Crippen LogP contribution in [0.3, 0.4) is 0 Å². The summed E-state index contributed by atoms with van der Waals surface area (Å²) in [5.74, 6) is -0.0669. The van der Waals surface area contributed by atoms with E-state index in [0.717, 1.165) is 24.9 Å². The van der Waals surface area contributed by atoms with Crippen LogP contribution >= 0.6 is 0 Å². The largest absolute Gasteiger partial charge is 0.349 e. The summed E-state index contributed by atoms with van der Waals surface area (Å²) in [5.41, 5.74) is 3.84. The highest BCUT2D eigenvalue weighted by molar-refractivity contribution is 5.99. The molecule has 0 aromatic carbocycles. The van der Waals surface area contributed by atoms with Crippen molar-refractivity contribution in [3.8, 4) is 0 Å². The first-order valence-corrected chi connectivity index (χ1v) is 8.22. The minimum absolute atomic E-state index is 0.00711. The number of anilines is 1. The summed E-state index contributed by atoms with van der Waals surface area (Å²) in [6.45, 7) is 0.790. The third kappa shape index (κ3) is 2.86. The molecule has 1 atom stereocenters. The monoisotopic (exact) mass is 356 g/mol. The van der Waals surface area contributed by atoms with E-state index in [2.05, 4.69) is 30.3 Å². The predicted molar refractivity (Wildman–Crippen MR) is 91.0 cm³/mol. The van der Waals surface area contributed by atoms with E-state index in [1.165, 1.54) is 30.1 Å². The lowest BCUT2D eigenvalue weighted by molar-refractivity contribution is 0.0539. The van der Waals surface area contributed by atoms with Gasteiger partial charge in [-0.2, -0.15) is 5.10 Å². The molecule has 1 aliphatic heterocycles. The maximum absolute atomic E-state index is 13.6. The summed E-state index contributed by atoms with van der Waals surface area (Å²) < 4.78 is 15.1. The first kappa shape index (κ1) is 16.4. The van der Waals surface area contributed by atoms with Crippen molar-refractivity contribution < 1.29 is 14.0 Å². The Morgan fingerprint density at radius 3 is 3.08 bits per heavy atom. The molecule has 0 saturated carbocycles. The molecule has 0 radical (unpaired) electrons. The van der Waals surface area contributed by atoms with Gasteiger partial charge in [0, 0.05) is 18.9 Å². The lowest BCUT2D eigenvalue weighted by Crippen LogP contribution is -2.24. The van der Waals surface area contributed by atoms with Crippen LogP contribution in [0.4, 0.5) is 10.2 Å². The molecule has 0 bridgehead atoms. The standard InChI is InChI=1S/C17H17FN6O2/c1-26-22-17(25)13-10-20-24-6-4-15(21-16(13)24)23-5-2-3-14(23)11-7-12(18)9-19-8-11/h4,6-10,14H,2-3,5H2,1H3,(H,22,25). The minimum Gasteiger partial charge on any atom is -0.349 e. The highest BCUT2D eigenvalue weighted by atomic mass is 19.1. The first-order valence-electron chi connectivity index (χ1n) is 8.22. The smallest absolute Gasteiger partial charge is 0.280 e. The molecule has 1 unspecified atom stereocenters. The Labute approximate surface area is 148 Å². The van der Waals surface area contributed by atoms with Gasteiger partial charge in [0.2, 0.25) is 0 Å². The average Bonchev–Trinajstić information content (AvgIpc) is 3.28. The zero-order valence-corrected chi connectivity index (χ0v) is 14.1. The molecule has 1 amide bonds. The number of fused-ring (bicyclic) bond motifs is 1. The van der Waals surface area contributed by atoms with Crippen molar-refractivity contribution in [2.24, 2.45) is 0 Å². The van der Waals surface area contributed by atoms with E-state index in [1.807, 2.05) is 6.07 Å². The molecule has 9 heteroatoms. The lowest BCUT2D eigenvalue weighted by Gasteiger charge is -2.26. The zero-order chi connectivity index (χ0) is 18.1. The highest BCUT2D eigenvalue weighted by Gasteiger charge is 2.28. The fourth-order valence-corrected chi connectivity index (χ4v) is 3.33. The van der Waals surface area contributed by atoms with Crippen LogP contribution in [0.5, 0.6) is 0 Å². The minimum atomic E-state index is -0.417. The van der Waals surface area contributed by atoms with Crippen molar-refractivity contribution in [3.05, 3.63) is 53.9 Å². The molecule has 4 rings (SSSR count). The van der Waals surface area contributed by atoms with Crippen LogP contribution in [-0.4, -0.2) is 39.1 Å². The predicted octanol–water partition coefficient (Wildman–Crippen LogP) is 1.90. The molecule has 1 fully saturated rings. The molecule has 3 aromatic heterocycles. The number of pyridine rings is 1. The molecule has 1 aliphatic rings. The fraction of sp³-hybridized carbons (Fsp3) is 0.294. The Morgan fingerprint density at radius 2 is 2.27 bits per heavy atom. The van der Waals surface area contributed by atoms with Crippen molar-refractivity contribution in [1.82, 2.24) is 25.1 Å². The number of nitrogens with one attached hydrogen (secondary N) is 1. The number of hydrogen-bond donors (Lipinski definition) is 1. The van der Waals surface area contributed by atoms with Crippen LogP contribution in [0.2, 0.25) is 0 Å². The van der Waals surface area contributed by atoms with Gasteiger partial charge in [-0.05, 0) is 30.5 Å². The second kappa shape index (κ2) is 6.68. The van der Waals surface area contributed by atoms with Gasteiger partial charge in [0.1, 0.15) is 17.2 Å². The van der Waals surface area contributed by atoms with Crippen LogP contribution < -0.4 is 10.4 Å². The SMILES string of the molecule is CONC(=O)c1cnn2ccc(N3CCCC3c3cncc(F)c3)nc12. The van der Waals surface area contributed by atoms with Gasteiger partial charge in [-0.3, -0.25) is 14.6 Å². The summed E-state index contributed by atoms with van der Waals surface area (Å²) >= 11 is 0. The zero-order valence-electron chi connectivity index (χ0n) is 14.1. The van der Waals surface area contributed by atoms with E-state index < -0.39 is 5.91 Å². The van der Waals surface area contributed by atoms with Crippen molar-refractivity contribution in [3.63, 3.8) is 0 Å². The number of nitrogens with zero attached hydrogens (tertiary/aromatic N) is 5. The number of aromatic nitrogens is 4. The van der Waals surface area contributed by atoms with Crippen molar-refractivity contribution in [2.45, 2.75) is 18.9 Å². The van der Waals surface area contributed by atoms with Gasteiger partial charge in [0.25, 0.3) is 5.91 Å². The van der Waals surface area contributed by atoms with Gasteiger partial charge >= 0.3 is 0 Å². The maximum Gasteiger partial charge on any atom is 0.280 e. The first-order chi connectivity index (χ1) is 12.7. The summed E-state index contributed by atoms with van der Waals surface area (Å²) in [4.78, 5) is 27.4. The number of halogens is 1. The Balaban J connectivity index is 1.71. The molecule has 1 saturated heterocycles. The second-order valence-corrected chi connectivity index (χ2v) is 6.04. The topological polar surface area (TPSA) is 84.6 Å². The van der Waals surface area contributed by atoms with Gasteiger partial charge in [0.05, 0.1) is 25.5 Å². The molecule has 134 valence electrons. The lowest BCUT2D eigenvalue weighted by atomic mass is 10.1. The third-order valence-electron chi connectivity index (χ3n) is 4.45. The fourth-order valence-electron chi connectivity index (χ4n) is 3.33. The molecule has 0 spiro atoms.